The van der Waals surface area contributed by atoms with Crippen LogP contribution in [0, 0.1) is 0 Å². The highest BCUT2D eigenvalue weighted by atomic mass is 32.2. The predicted molar refractivity (Wildman–Crippen MR) is 82.0 cm³/mol. The van der Waals surface area contributed by atoms with Gasteiger partial charge >= 0.3 is 0 Å². The predicted octanol–water partition coefficient (Wildman–Crippen LogP) is 2.46. The van der Waals surface area contributed by atoms with Crippen molar-refractivity contribution >= 4 is 28.7 Å². The molecule has 2 heterocycles. The van der Waals surface area contributed by atoms with Gasteiger partial charge in [-0.2, -0.15) is 0 Å². The number of piperazine rings is 1. The van der Waals surface area contributed by atoms with E-state index in [-0.39, 0.29) is 0 Å². The largest absolute Gasteiger partial charge is 0.315 e. The molecule has 1 fully saturated rings. The average Bonchev–Trinajstić information content (AvgIpc) is 2.47. The highest BCUT2D eigenvalue weighted by Gasteiger charge is 2.14. The van der Waals surface area contributed by atoms with Gasteiger partial charge in [0, 0.05) is 49.9 Å². The summed E-state index contributed by atoms with van der Waals surface area (Å²) >= 11 is 1.68. The molecule has 0 amide bonds. The second-order valence-corrected chi connectivity index (χ2v) is 5.71. The minimum atomic E-state index is 1.03. The number of hydrogen-bond donors (Lipinski definition) is 1. The molecule has 0 saturated carbocycles. The van der Waals surface area contributed by atoms with Crippen LogP contribution in [0.4, 0.5) is 5.69 Å². The molecule has 2 aromatic rings. The van der Waals surface area contributed by atoms with Crippen molar-refractivity contribution < 1.29 is 0 Å². The number of aromatic nitrogens is 1. The Morgan fingerprint density at radius 1 is 1.11 bits per heavy atom. The second-order valence-electron chi connectivity index (χ2n) is 4.81. The lowest BCUT2D eigenvalue weighted by Crippen LogP contribution is -2.41. The number of nitrogens with zero attached hydrogens (tertiary/aromatic N) is 3. The van der Waals surface area contributed by atoms with Crippen LogP contribution < -0.4 is 4.72 Å². The molecule has 0 spiro atoms. The third kappa shape index (κ3) is 3.00. The highest BCUT2D eigenvalue weighted by molar-refractivity contribution is 7.98. The molecule has 0 radical (unpaired) electrons. The van der Waals surface area contributed by atoms with E-state index < -0.39 is 0 Å². The Morgan fingerprint density at radius 2 is 1.89 bits per heavy atom. The molecule has 100 valence electrons. The zero-order valence-corrected chi connectivity index (χ0v) is 11.9. The molecule has 3 rings (SSSR count). The van der Waals surface area contributed by atoms with Gasteiger partial charge in [0.25, 0.3) is 0 Å². The number of anilines is 1. The van der Waals surface area contributed by atoms with Crippen molar-refractivity contribution in [3.05, 3.63) is 36.5 Å². The minimum absolute atomic E-state index is 1.03. The molecule has 5 heteroatoms. The van der Waals surface area contributed by atoms with Crippen molar-refractivity contribution in [2.45, 2.75) is 0 Å². The Labute approximate surface area is 118 Å². The molecule has 1 aliphatic rings. The summed E-state index contributed by atoms with van der Waals surface area (Å²) in [6.45, 7) is 4.43. The van der Waals surface area contributed by atoms with E-state index >= 15 is 0 Å². The Bertz CT molecular complexity index is 547. The molecular formula is C14H18N4S. The number of nitrogens with one attached hydrogen (secondary N) is 1. The number of likely N-dealkylation sites (N-methyl/N-ethyl adjacent to an activating group) is 1. The summed E-state index contributed by atoms with van der Waals surface area (Å²) in [5, 5.41) is 1.17. The third-order valence-electron chi connectivity index (χ3n) is 3.38. The summed E-state index contributed by atoms with van der Waals surface area (Å²) in [7, 11) is 2.17. The molecule has 0 bridgehead atoms. The highest BCUT2D eigenvalue weighted by Crippen LogP contribution is 2.24. The summed E-state index contributed by atoms with van der Waals surface area (Å²) in [6, 6.07) is 10.3. The fourth-order valence-corrected chi connectivity index (χ4v) is 2.92. The van der Waals surface area contributed by atoms with Crippen molar-refractivity contribution in [3.63, 3.8) is 0 Å². The van der Waals surface area contributed by atoms with E-state index in [4.69, 9.17) is 0 Å². The fourth-order valence-electron chi connectivity index (χ4n) is 2.18. The normalized spacial score (nSPS) is 17.7. The number of benzene rings is 1. The first-order chi connectivity index (χ1) is 9.33. The van der Waals surface area contributed by atoms with Gasteiger partial charge in [0.15, 0.2) is 0 Å². The van der Waals surface area contributed by atoms with E-state index in [2.05, 4.69) is 50.2 Å². The van der Waals surface area contributed by atoms with E-state index in [0.717, 1.165) is 37.4 Å². The van der Waals surface area contributed by atoms with Crippen molar-refractivity contribution in [1.82, 2.24) is 14.2 Å². The second kappa shape index (κ2) is 5.77. The maximum Gasteiger partial charge on any atom is 0.0941 e. The van der Waals surface area contributed by atoms with Crippen LogP contribution >= 0.6 is 12.1 Å². The quantitative estimate of drug-likeness (QED) is 0.869. The van der Waals surface area contributed by atoms with Gasteiger partial charge < -0.3 is 9.62 Å². The van der Waals surface area contributed by atoms with Crippen LogP contribution in [0.3, 0.4) is 0 Å². The Balaban J connectivity index is 1.68. The minimum Gasteiger partial charge on any atom is -0.315 e. The topological polar surface area (TPSA) is 31.4 Å². The summed E-state index contributed by atoms with van der Waals surface area (Å²) < 4.78 is 5.80. The number of rotatable bonds is 3. The van der Waals surface area contributed by atoms with Gasteiger partial charge in [-0.1, -0.05) is 18.2 Å². The van der Waals surface area contributed by atoms with Gasteiger partial charge in [-0.05, 0) is 19.2 Å². The lowest BCUT2D eigenvalue weighted by atomic mass is 10.2. The van der Waals surface area contributed by atoms with Crippen LogP contribution in [0.2, 0.25) is 0 Å². The van der Waals surface area contributed by atoms with Gasteiger partial charge in [-0.25, -0.2) is 4.31 Å². The number of para-hydroxylation sites is 1. The molecule has 0 unspecified atom stereocenters. The van der Waals surface area contributed by atoms with Crippen LogP contribution in [0.1, 0.15) is 0 Å². The Hall–Kier alpha value is -1.30. The van der Waals surface area contributed by atoms with E-state index in [9.17, 15) is 0 Å². The van der Waals surface area contributed by atoms with Gasteiger partial charge in [-0.3, -0.25) is 4.98 Å². The number of fused-ring (bicyclic) bond motifs is 1. The van der Waals surface area contributed by atoms with E-state index in [1.807, 2.05) is 12.3 Å². The third-order valence-corrected chi connectivity index (χ3v) is 4.31. The summed E-state index contributed by atoms with van der Waals surface area (Å²) in [5.41, 5.74) is 2.12. The molecule has 1 saturated heterocycles. The molecular weight excluding hydrogens is 256 g/mol. The zero-order valence-electron chi connectivity index (χ0n) is 11.0. The standard InChI is InChI=1S/C14H18N4S/c1-17-8-10-18(11-9-17)19-16-13-6-2-4-12-5-3-7-15-14(12)13/h2-7,16H,8-11H2,1H3. The van der Waals surface area contributed by atoms with Crippen molar-refractivity contribution in [3.8, 4) is 0 Å². The van der Waals surface area contributed by atoms with Crippen LogP contribution in [0.25, 0.3) is 10.9 Å². The van der Waals surface area contributed by atoms with Crippen LogP contribution in [0.15, 0.2) is 36.5 Å². The molecule has 4 nitrogen and oxygen atoms in total. The van der Waals surface area contributed by atoms with E-state index in [0.29, 0.717) is 0 Å². The first-order valence-electron chi connectivity index (χ1n) is 6.53. The van der Waals surface area contributed by atoms with Crippen LogP contribution in [-0.2, 0) is 0 Å². The maximum atomic E-state index is 4.45. The first-order valence-corrected chi connectivity index (χ1v) is 7.30. The van der Waals surface area contributed by atoms with Crippen molar-refractivity contribution in [1.29, 1.82) is 0 Å². The molecule has 19 heavy (non-hydrogen) atoms. The monoisotopic (exact) mass is 274 g/mol. The van der Waals surface area contributed by atoms with Crippen LogP contribution in [0.5, 0.6) is 0 Å². The summed E-state index contributed by atoms with van der Waals surface area (Å²) in [5.74, 6) is 0. The zero-order chi connectivity index (χ0) is 13.1. The lowest BCUT2D eigenvalue weighted by molar-refractivity contribution is 0.234. The van der Waals surface area contributed by atoms with Crippen molar-refractivity contribution in [2.24, 2.45) is 0 Å². The van der Waals surface area contributed by atoms with E-state index in [1.165, 1.54) is 5.39 Å². The van der Waals surface area contributed by atoms with Gasteiger partial charge in [-0.15, -0.1) is 0 Å². The molecule has 1 N–H and O–H groups in total. The molecule has 0 atom stereocenters. The number of hydrogen-bond acceptors (Lipinski definition) is 5. The van der Waals surface area contributed by atoms with Crippen LogP contribution in [-0.4, -0.2) is 47.4 Å². The lowest BCUT2D eigenvalue weighted by Gasteiger charge is -2.31. The summed E-state index contributed by atoms with van der Waals surface area (Å²) in [4.78, 5) is 6.81. The molecule has 1 aliphatic heterocycles. The van der Waals surface area contributed by atoms with Gasteiger partial charge in [0.05, 0.1) is 11.2 Å². The summed E-state index contributed by atoms with van der Waals surface area (Å²) in [6.07, 6.45) is 1.84. The Kier molecular flexibility index (Phi) is 3.87. The Morgan fingerprint density at radius 3 is 2.74 bits per heavy atom. The smallest absolute Gasteiger partial charge is 0.0941 e. The first kappa shape index (κ1) is 12.7. The molecule has 1 aromatic heterocycles. The van der Waals surface area contributed by atoms with E-state index in [1.54, 1.807) is 12.1 Å². The fraction of sp³-hybridized carbons (Fsp3) is 0.357. The average molecular weight is 274 g/mol. The molecule has 1 aromatic carbocycles. The van der Waals surface area contributed by atoms with Crippen molar-refractivity contribution in [2.75, 3.05) is 37.9 Å². The van der Waals surface area contributed by atoms with Gasteiger partial charge in [0.1, 0.15) is 0 Å². The van der Waals surface area contributed by atoms with Gasteiger partial charge in [0.2, 0.25) is 0 Å². The maximum absolute atomic E-state index is 4.45. The molecule has 0 aliphatic carbocycles. The number of pyridine rings is 1. The SMILES string of the molecule is CN1CCN(SNc2cccc3cccnc23)CC1.